The second-order valence-corrected chi connectivity index (χ2v) is 4.85. The Hall–Kier alpha value is -2.89. The van der Waals surface area contributed by atoms with Crippen LogP contribution in [0.1, 0.15) is 21.5 Å². The minimum absolute atomic E-state index is 0.102. The third-order valence-electron chi connectivity index (χ3n) is 3.45. The van der Waals surface area contributed by atoms with Crippen LogP contribution >= 0.6 is 0 Å². The van der Waals surface area contributed by atoms with Crippen LogP contribution in [0.4, 0.5) is 5.95 Å². The molecule has 3 aromatic rings. The summed E-state index contributed by atoms with van der Waals surface area (Å²) in [5, 5.41) is 0.550. The van der Waals surface area contributed by atoms with Gasteiger partial charge in [0.25, 0.3) is 5.56 Å². The topological polar surface area (TPSA) is 105 Å². The van der Waals surface area contributed by atoms with E-state index in [0.29, 0.717) is 23.0 Å². The highest BCUT2D eigenvalue weighted by Crippen LogP contribution is 2.15. The van der Waals surface area contributed by atoms with E-state index in [0.717, 1.165) is 23.8 Å². The maximum Gasteiger partial charge on any atom is 0.284 e. The summed E-state index contributed by atoms with van der Waals surface area (Å²) in [6, 6.07) is 7.40. The second-order valence-electron chi connectivity index (χ2n) is 4.85. The van der Waals surface area contributed by atoms with E-state index in [-0.39, 0.29) is 11.5 Å². The molecule has 0 atom stereocenters. The van der Waals surface area contributed by atoms with Gasteiger partial charge in [0, 0.05) is 11.8 Å². The largest absolute Gasteiger partial charge is 0.369 e. The molecule has 1 aromatic carbocycles. The van der Waals surface area contributed by atoms with E-state index in [1.54, 1.807) is 18.3 Å². The molecule has 21 heavy (non-hydrogen) atoms. The number of aryl methyl sites for hydroxylation is 2. The number of rotatable bonds is 4. The van der Waals surface area contributed by atoms with Gasteiger partial charge in [0.1, 0.15) is 11.9 Å². The number of aromatic nitrogens is 3. The molecule has 0 spiro atoms. The Morgan fingerprint density at radius 3 is 2.67 bits per heavy atom. The van der Waals surface area contributed by atoms with Gasteiger partial charge in [0.2, 0.25) is 5.95 Å². The zero-order chi connectivity index (χ0) is 14.8. The molecule has 0 aliphatic heterocycles. The van der Waals surface area contributed by atoms with E-state index in [1.807, 2.05) is 12.1 Å². The molecule has 0 aliphatic rings. The van der Waals surface area contributed by atoms with E-state index in [9.17, 15) is 9.59 Å². The van der Waals surface area contributed by atoms with Gasteiger partial charge in [0.05, 0.1) is 5.39 Å². The van der Waals surface area contributed by atoms with Gasteiger partial charge in [-0.05, 0) is 24.0 Å². The minimum atomic E-state index is -0.325. The Bertz CT molecular complexity index is 846. The molecule has 2 aromatic heterocycles. The molecule has 0 unspecified atom stereocenters. The summed E-state index contributed by atoms with van der Waals surface area (Å²) in [5.41, 5.74) is 8.44. The van der Waals surface area contributed by atoms with Crippen molar-refractivity contribution in [2.24, 2.45) is 0 Å². The number of H-pyrrole nitrogens is 2. The molecule has 0 fully saturated rings. The Balaban J connectivity index is 1.85. The van der Waals surface area contributed by atoms with Crippen molar-refractivity contribution in [1.82, 2.24) is 15.0 Å². The van der Waals surface area contributed by atoms with Crippen LogP contribution in [-0.2, 0) is 12.8 Å². The molecule has 6 nitrogen and oxygen atoms in total. The number of nitrogen functional groups attached to an aromatic ring is 1. The van der Waals surface area contributed by atoms with Crippen molar-refractivity contribution >= 4 is 23.3 Å². The SMILES string of the molecule is Nc1nc(=O)c2c(CCc3ccc(C=O)cc3)c[nH]c2[nH]1. The summed E-state index contributed by atoms with van der Waals surface area (Å²) in [4.78, 5) is 32.1. The molecule has 0 saturated carbocycles. The van der Waals surface area contributed by atoms with Crippen LogP contribution in [0, 0.1) is 0 Å². The molecule has 4 N–H and O–H groups in total. The van der Waals surface area contributed by atoms with E-state index < -0.39 is 0 Å². The number of nitrogens with one attached hydrogen (secondary N) is 2. The molecule has 6 heteroatoms. The first-order valence-corrected chi connectivity index (χ1v) is 6.57. The first kappa shape index (κ1) is 13.1. The Labute approximate surface area is 120 Å². The summed E-state index contributed by atoms with van der Waals surface area (Å²) in [6.45, 7) is 0. The van der Waals surface area contributed by atoms with Crippen molar-refractivity contribution in [3.8, 4) is 0 Å². The van der Waals surface area contributed by atoms with Gasteiger partial charge >= 0.3 is 0 Å². The Morgan fingerprint density at radius 1 is 1.19 bits per heavy atom. The molecule has 106 valence electrons. The number of anilines is 1. The number of carbonyl (C=O) groups is 1. The summed E-state index contributed by atoms with van der Waals surface area (Å²) in [7, 11) is 0. The van der Waals surface area contributed by atoms with E-state index in [1.165, 1.54) is 0 Å². The van der Waals surface area contributed by atoms with Gasteiger partial charge < -0.3 is 15.7 Å². The first-order valence-electron chi connectivity index (χ1n) is 6.57. The van der Waals surface area contributed by atoms with Crippen LogP contribution in [0.25, 0.3) is 11.0 Å². The second kappa shape index (κ2) is 5.24. The fraction of sp³-hybridized carbons (Fsp3) is 0.133. The van der Waals surface area contributed by atoms with Gasteiger partial charge in [-0.2, -0.15) is 4.98 Å². The number of aromatic amines is 2. The Kier molecular flexibility index (Phi) is 3.27. The fourth-order valence-corrected chi connectivity index (χ4v) is 2.37. The number of fused-ring (bicyclic) bond motifs is 1. The van der Waals surface area contributed by atoms with Crippen LogP contribution in [0.15, 0.2) is 35.3 Å². The number of hydrogen-bond donors (Lipinski definition) is 3. The van der Waals surface area contributed by atoms with Crippen molar-refractivity contribution in [1.29, 1.82) is 0 Å². The lowest BCUT2D eigenvalue weighted by Gasteiger charge is -2.01. The van der Waals surface area contributed by atoms with Crippen molar-refractivity contribution in [2.75, 3.05) is 5.73 Å². The molecule has 0 radical (unpaired) electrons. The van der Waals surface area contributed by atoms with Crippen molar-refractivity contribution in [3.63, 3.8) is 0 Å². The molecular weight excluding hydrogens is 268 g/mol. The maximum absolute atomic E-state index is 11.9. The minimum Gasteiger partial charge on any atom is -0.369 e. The van der Waals surface area contributed by atoms with E-state index >= 15 is 0 Å². The molecule has 0 bridgehead atoms. The normalized spacial score (nSPS) is 10.9. The number of nitrogens with two attached hydrogens (primary N) is 1. The lowest BCUT2D eigenvalue weighted by atomic mass is 10.0. The van der Waals surface area contributed by atoms with Crippen LogP contribution in [0.5, 0.6) is 0 Å². The van der Waals surface area contributed by atoms with Crippen molar-refractivity contribution < 1.29 is 4.79 Å². The van der Waals surface area contributed by atoms with Crippen LogP contribution in [0.3, 0.4) is 0 Å². The molecule has 0 aliphatic carbocycles. The highest BCUT2D eigenvalue weighted by Gasteiger charge is 2.09. The smallest absolute Gasteiger partial charge is 0.284 e. The summed E-state index contributed by atoms with van der Waals surface area (Å²) < 4.78 is 0. The van der Waals surface area contributed by atoms with Gasteiger partial charge in [-0.15, -0.1) is 0 Å². The third kappa shape index (κ3) is 2.55. The number of benzene rings is 1. The van der Waals surface area contributed by atoms with Gasteiger partial charge in [-0.3, -0.25) is 9.59 Å². The zero-order valence-corrected chi connectivity index (χ0v) is 11.2. The number of nitrogens with zero attached hydrogens (tertiary/aromatic N) is 1. The van der Waals surface area contributed by atoms with Crippen LogP contribution in [0.2, 0.25) is 0 Å². The fourth-order valence-electron chi connectivity index (χ4n) is 2.37. The van der Waals surface area contributed by atoms with Crippen molar-refractivity contribution in [2.45, 2.75) is 12.8 Å². The predicted octanol–water partition coefficient (Wildman–Crippen LogP) is 1.43. The first-order chi connectivity index (χ1) is 10.2. The van der Waals surface area contributed by atoms with Gasteiger partial charge in [-0.25, -0.2) is 0 Å². The van der Waals surface area contributed by atoms with Gasteiger partial charge in [0.15, 0.2) is 0 Å². The average molecular weight is 282 g/mol. The highest BCUT2D eigenvalue weighted by atomic mass is 16.1. The maximum atomic E-state index is 11.9. The van der Waals surface area contributed by atoms with Crippen molar-refractivity contribution in [3.05, 3.63) is 57.5 Å². The number of hydrogen-bond acceptors (Lipinski definition) is 4. The summed E-state index contributed by atoms with van der Waals surface area (Å²) >= 11 is 0. The summed E-state index contributed by atoms with van der Waals surface area (Å²) in [5.74, 6) is 0.102. The lowest BCUT2D eigenvalue weighted by molar-refractivity contribution is 0.112. The molecular formula is C15H14N4O2. The molecule has 0 saturated heterocycles. The number of carbonyl (C=O) groups excluding carboxylic acids is 1. The van der Waals surface area contributed by atoms with E-state index in [2.05, 4.69) is 15.0 Å². The van der Waals surface area contributed by atoms with Crippen LogP contribution < -0.4 is 11.3 Å². The van der Waals surface area contributed by atoms with E-state index in [4.69, 9.17) is 5.73 Å². The standard InChI is InChI=1S/C15H14N4O2/c16-15-18-13-12(14(21)19-15)11(7-17-13)6-5-9-1-3-10(8-20)4-2-9/h1-4,7-8H,5-6H2,(H4,16,17,18,19,21). The highest BCUT2D eigenvalue weighted by molar-refractivity contribution is 5.79. The third-order valence-corrected chi connectivity index (χ3v) is 3.45. The Morgan fingerprint density at radius 2 is 1.95 bits per heavy atom. The molecule has 2 heterocycles. The predicted molar refractivity (Wildman–Crippen MR) is 80.4 cm³/mol. The number of aldehydes is 1. The quantitative estimate of drug-likeness (QED) is 0.629. The van der Waals surface area contributed by atoms with Crippen LogP contribution in [-0.4, -0.2) is 21.2 Å². The molecule has 3 rings (SSSR count). The average Bonchev–Trinajstić information content (AvgIpc) is 2.89. The monoisotopic (exact) mass is 282 g/mol. The summed E-state index contributed by atoms with van der Waals surface area (Å²) in [6.07, 6.45) is 4.09. The lowest BCUT2D eigenvalue weighted by Crippen LogP contribution is -2.11. The zero-order valence-electron chi connectivity index (χ0n) is 11.2. The van der Waals surface area contributed by atoms with Gasteiger partial charge in [-0.1, -0.05) is 24.3 Å². The molecule has 0 amide bonds.